The van der Waals surface area contributed by atoms with Gasteiger partial charge >= 0.3 is 5.97 Å². The SMILES string of the molecule is CCOC(=O)C=C(N)COCC(OCC)OCC. The summed E-state index contributed by atoms with van der Waals surface area (Å²) in [4.78, 5) is 11.1. The van der Waals surface area contributed by atoms with Crippen molar-refractivity contribution in [3.8, 4) is 0 Å². The van der Waals surface area contributed by atoms with Crippen LogP contribution in [0, 0.1) is 0 Å². The minimum atomic E-state index is -0.468. The van der Waals surface area contributed by atoms with Crippen molar-refractivity contribution in [2.75, 3.05) is 33.0 Å². The Kier molecular flexibility index (Phi) is 10.3. The Labute approximate surface area is 108 Å². The van der Waals surface area contributed by atoms with E-state index in [-0.39, 0.29) is 13.2 Å². The first kappa shape index (κ1) is 16.9. The summed E-state index contributed by atoms with van der Waals surface area (Å²) in [6.45, 7) is 7.29. The summed E-state index contributed by atoms with van der Waals surface area (Å²) in [6, 6.07) is 0. The Morgan fingerprint density at radius 3 is 2.28 bits per heavy atom. The van der Waals surface area contributed by atoms with Crippen molar-refractivity contribution < 1.29 is 23.7 Å². The van der Waals surface area contributed by atoms with Gasteiger partial charge in [-0.1, -0.05) is 0 Å². The van der Waals surface area contributed by atoms with Crippen molar-refractivity contribution in [3.05, 3.63) is 11.8 Å². The van der Waals surface area contributed by atoms with Gasteiger partial charge in [-0.05, 0) is 20.8 Å². The molecule has 0 aromatic heterocycles. The summed E-state index contributed by atoms with van der Waals surface area (Å²) in [6.07, 6.45) is 0.801. The molecule has 0 aliphatic rings. The highest BCUT2D eigenvalue weighted by Gasteiger charge is 2.08. The standard InChI is InChI=1S/C12H23NO5/c1-4-16-11(14)7-10(13)8-15-9-12(17-5-2)18-6-3/h7,12H,4-6,8-9,13H2,1-3H3. The molecule has 0 saturated carbocycles. The first-order valence-corrected chi connectivity index (χ1v) is 6.07. The Morgan fingerprint density at radius 2 is 1.78 bits per heavy atom. The van der Waals surface area contributed by atoms with Gasteiger partial charge < -0.3 is 24.7 Å². The van der Waals surface area contributed by atoms with Gasteiger partial charge in [0.25, 0.3) is 0 Å². The second kappa shape index (κ2) is 11.0. The van der Waals surface area contributed by atoms with Crippen molar-refractivity contribution in [2.24, 2.45) is 5.73 Å². The number of ether oxygens (including phenoxy) is 4. The molecule has 0 atom stereocenters. The van der Waals surface area contributed by atoms with Crippen LogP contribution in [0.3, 0.4) is 0 Å². The number of carbonyl (C=O) groups is 1. The van der Waals surface area contributed by atoms with Crippen molar-refractivity contribution in [1.82, 2.24) is 0 Å². The first-order valence-electron chi connectivity index (χ1n) is 6.07. The maximum atomic E-state index is 11.1. The third kappa shape index (κ3) is 8.98. The molecule has 0 spiro atoms. The molecular formula is C12H23NO5. The van der Waals surface area contributed by atoms with E-state index >= 15 is 0 Å². The van der Waals surface area contributed by atoms with E-state index in [0.29, 0.717) is 25.5 Å². The molecule has 106 valence electrons. The third-order valence-corrected chi connectivity index (χ3v) is 1.82. The maximum Gasteiger partial charge on any atom is 0.332 e. The fourth-order valence-corrected chi connectivity index (χ4v) is 1.17. The van der Waals surface area contributed by atoms with E-state index in [1.165, 1.54) is 6.08 Å². The van der Waals surface area contributed by atoms with Gasteiger partial charge in [0.05, 0.1) is 19.8 Å². The molecule has 0 rings (SSSR count). The molecule has 0 fully saturated rings. The van der Waals surface area contributed by atoms with Crippen molar-refractivity contribution in [3.63, 3.8) is 0 Å². The van der Waals surface area contributed by atoms with Crippen molar-refractivity contribution >= 4 is 5.97 Å². The van der Waals surface area contributed by atoms with Gasteiger partial charge in [0.15, 0.2) is 6.29 Å². The molecule has 6 heteroatoms. The zero-order chi connectivity index (χ0) is 13.8. The van der Waals surface area contributed by atoms with Gasteiger partial charge in [0.2, 0.25) is 0 Å². The van der Waals surface area contributed by atoms with Crippen LogP contribution in [0.5, 0.6) is 0 Å². The topological polar surface area (TPSA) is 80.0 Å². The lowest BCUT2D eigenvalue weighted by molar-refractivity contribution is -0.165. The number of hydrogen-bond donors (Lipinski definition) is 1. The lowest BCUT2D eigenvalue weighted by Crippen LogP contribution is -2.25. The van der Waals surface area contributed by atoms with Gasteiger partial charge in [-0.25, -0.2) is 4.79 Å². The van der Waals surface area contributed by atoms with Crippen LogP contribution < -0.4 is 5.73 Å². The number of rotatable bonds is 10. The first-order chi connectivity index (χ1) is 8.63. The number of nitrogens with two attached hydrogens (primary N) is 1. The van der Waals surface area contributed by atoms with Crippen LogP contribution in [0.25, 0.3) is 0 Å². The van der Waals surface area contributed by atoms with Crippen LogP contribution in [0.4, 0.5) is 0 Å². The predicted octanol–water partition coefficient (Wildman–Crippen LogP) is 0.808. The van der Waals surface area contributed by atoms with Crippen LogP contribution >= 0.6 is 0 Å². The number of esters is 1. The average molecular weight is 261 g/mol. The molecule has 2 N–H and O–H groups in total. The molecule has 6 nitrogen and oxygen atoms in total. The van der Waals surface area contributed by atoms with Gasteiger partial charge in [0, 0.05) is 25.0 Å². The highest BCUT2D eigenvalue weighted by Crippen LogP contribution is 1.98. The second-order valence-corrected chi connectivity index (χ2v) is 3.33. The van der Waals surface area contributed by atoms with Gasteiger partial charge in [-0.2, -0.15) is 0 Å². The smallest absolute Gasteiger partial charge is 0.332 e. The monoisotopic (exact) mass is 261 g/mol. The van der Waals surface area contributed by atoms with Gasteiger partial charge in [0.1, 0.15) is 0 Å². The highest BCUT2D eigenvalue weighted by atomic mass is 16.7. The molecule has 0 amide bonds. The minimum Gasteiger partial charge on any atom is -0.463 e. The van der Waals surface area contributed by atoms with E-state index in [1.807, 2.05) is 13.8 Å². The van der Waals surface area contributed by atoms with Crippen LogP contribution in [0.1, 0.15) is 20.8 Å². The molecule has 0 aromatic carbocycles. The van der Waals surface area contributed by atoms with Crippen LogP contribution in [-0.4, -0.2) is 45.3 Å². The Morgan fingerprint density at radius 1 is 1.17 bits per heavy atom. The quantitative estimate of drug-likeness (QED) is 0.356. The molecule has 0 heterocycles. The zero-order valence-electron chi connectivity index (χ0n) is 11.3. The third-order valence-electron chi connectivity index (χ3n) is 1.82. The molecule has 0 unspecified atom stereocenters. The lowest BCUT2D eigenvalue weighted by Gasteiger charge is -2.16. The summed E-state index contributed by atoms with van der Waals surface area (Å²) in [5.74, 6) is -0.468. The van der Waals surface area contributed by atoms with Crippen LogP contribution in [-0.2, 0) is 23.7 Å². The number of hydrogen-bond acceptors (Lipinski definition) is 6. The fraction of sp³-hybridized carbons (Fsp3) is 0.750. The molecule has 0 bridgehead atoms. The fourth-order valence-electron chi connectivity index (χ4n) is 1.17. The van der Waals surface area contributed by atoms with E-state index in [1.54, 1.807) is 6.92 Å². The number of carbonyl (C=O) groups excluding carboxylic acids is 1. The van der Waals surface area contributed by atoms with Crippen molar-refractivity contribution in [2.45, 2.75) is 27.1 Å². The summed E-state index contributed by atoms with van der Waals surface area (Å²) in [5, 5.41) is 0. The van der Waals surface area contributed by atoms with E-state index < -0.39 is 12.3 Å². The zero-order valence-corrected chi connectivity index (χ0v) is 11.3. The molecule has 0 aromatic rings. The van der Waals surface area contributed by atoms with E-state index in [4.69, 9.17) is 24.7 Å². The van der Waals surface area contributed by atoms with E-state index in [2.05, 4.69) is 0 Å². The molecule has 0 aliphatic carbocycles. The summed E-state index contributed by atoms with van der Waals surface area (Å²) >= 11 is 0. The van der Waals surface area contributed by atoms with Crippen molar-refractivity contribution in [1.29, 1.82) is 0 Å². The van der Waals surface area contributed by atoms with Crippen LogP contribution in [0.15, 0.2) is 11.8 Å². The lowest BCUT2D eigenvalue weighted by atomic mass is 10.4. The normalized spacial score (nSPS) is 11.9. The van der Waals surface area contributed by atoms with E-state index in [0.717, 1.165) is 0 Å². The Balaban J connectivity index is 3.89. The highest BCUT2D eigenvalue weighted by molar-refractivity contribution is 5.82. The Hall–Kier alpha value is -1.11. The molecule has 0 radical (unpaired) electrons. The second-order valence-electron chi connectivity index (χ2n) is 3.33. The minimum absolute atomic E-state index is 0.134. The maximum absolute atomic E-state index is 11.1. The summed E-state index contributed by atoms with van der Waals surface area (Å²) < 4.78 is 20.6. The molecule has 0 aliphatic heterocycles. The predicted molar refractivity (Wildman–Crippen MR) is 66.8 cm³/mol. The largest absolute Gasteiger partial charge is 0.463 e. The molecular weight excluding hydrogens is 238 g/mol. The van der Waals surface area contributed by atoms with Gasteiger partial charge in [-0.3, -0.25) is 0 Å². The summed E-state index contributed by atoms with van der Waals surface area (Å²) in [5.41, 5.74) is 5.90. The summed E-state index contributed by atoms with van der Waals surface area (Å²) in [7, 11) is 0. The molecule has 18 heavy (non-hydrogen) atoms. The Bertz CT molecular complexity index is 249. The van der Waals surface area contributed by atoms with Gasteiger partial charge in [-0.15, -0.1) is 0 Å². The molecule has 0 saturated heterocycles. The average Bonchev–Trinajstić information content (AvgIpc) is 2.29. The van der Waals surface area contributed by atoms with Crippen LogP contribution in [0.2, 0.25) is 0 Å². The van der Waals surface area contributed by atoms with E-state index in [9.17, 15) is 4.79 Å².